The average Bonchev–Trinajstić information content (AvgIpc) is 3.38. The lowest BCUT2D eigenvalue weighted by atomic mass is 9.94. The van der Waals surface area contributed by atoms with Crippen LogP contribution >= 0.6 is 0 Å². The van der Waals surface area contributed by atoms with Gasteiger partial charge in [-0.3, -0.25) is 0 Å². The molecule has 79 heavy (non-hydrogen) atoms. The highest BCUT2D eigenvalue weighted by Crippen LogP contribution is 2.16. The molecule has 0 nitrogen and oxygen atoms in total. The molecule has 5 aromatic rings. The van der Waals surface area contributed by atoms with Gasteiger partial charge in [0.25, 0.3) is 0 Å². The molecule has 0 heteroatoms. The first-order valence-electron chi connectivity index (χ1n) is 31.6. The smallest absolute Gasteiger partial charge is 0.0219 e. The Balaban J connectivity index is -0.0000000978. The predicted molar refractivity (Wildman–Crippen MR) is 378 cm³/mol. The van der Waals surface area contributed by atoms with Crippen molar-refractivity contribution in [2.75, 3.05) is 0 Å². The van der Waals surface area contributed by atoms with Crippen molar-refractivity contribution in [3.8, 4) is 0 Å². The van der Waals surface area contributed by atoms with Crippen molar-refractivity contribution >= 4 is 0 Å². The molecule has 0 unspecified atom stereocenters. The molecule has 5 aromatic carbocycles. The van der Waals surface area contributed by atoms with E-state index in [-0.39, 0.29) is 7.43 Å². The molecule has 0 radical (unpaired) electrons. The van der Waals surface area contributed by atoms with E-state index < -0.39 is 0 Å². The van der Waals surface area contributed by atoms with Crippen LogP contribution in [0.1, 0.15) is 301 Å². The molecule has 0 aromatic heterocycles. The maximum atomic E-state index is 2.24. The van der Waals surface area contributed by atoms with E-state index in [9.17, 15) is 0 Å². The molecule has 0 N–H and O–H groups in total. The monoisotopic (exact) mass is 1100 g/mol. The number of aryl methyl sites for hydroxylation is 8. The first-order valence-corrected chi connectivity index (χ1v) is 31.6. The van der Waals surface area contributed by atoms with Gasteiger partial charge in [0.2, 0.25) is 0 Å². The summed E-state index contributed by atoms with van der Waals surface area (Å²) in [5.41, 5.74) is 13.3. The molecule has 0 fully saturated rings. The normalized spacial score (nSPS) is 9.30. The molecule has 0 saturated carbocycles. The molecule has 0 bridgehead atoms. The lowest BCUT2D eigenvalue weighted by Crippen LogP contribution is -2.00. The number of benzene rings is 5. The van der Waals surface area contributed by atoms with Gasteiger partial charge in [0, 0.05) is 0 Å². The standard InChI is InChI=1S/2C10H14.C9H12.C8H10.C7H8.C6H14.3C5H12.2C4H10.C3H8.C2H6.CH4/c1-8(2)10-6-4-9(3)5-7-10;1-3-4-10-7-5-9(2)6-8-10;1-3-9-6-4-8(2)5-7-9;1-7-3-5-8(2)6-4-7;1-7-5-3-2-4-6-7;1-5-6(2,3)4;1-5(2,3)4;1-4-5(2)3;1-3-5-4-2;1-4(2)3;1-3-4-2;1-3-2;1-2;/h4-8H,1-3H3;5-8H,3-4H2,1-2H3;4-7H,3H2,1-2H3;3-6H,1-2H3;2-6H,1H3;5H2,1-4H3;1-4H3;5H,4H2,1-3H3;3-5H2,1-2H3;4H,1-3H3;3-4H2,1-2H3;3H2,1-2H3;1-2H3;1H4. The highest BCUT2D eigenvalue weighted by atomic mass is 14.1. The van der Waals surface area contributed by atoms with E-state index in [4.69, 9.17) is 0 Å². The summed E-state index contributed by atoms with van der Waals surface area (Å²) in [6.07, 6.45) is 14.1. The fourth-order valence-corrected chi connectivity index (χ4v) is 4.34. The minimum Gasteiger partial charge on any atom is -0.0776 e. The van der Waals surface area contributed by atoms with Crippen LogP contribution in [0.3, 0.4) is 0 Å². The van der Waals surface area contributed by atoms with E-state index in [1.807, 2.05) is 32.0 Å². The van der Waals surface area contributed by atoms with E-state index in [2.05, 4.69) is 317 Å². The summed E-state index contributed by atoms with van der Waals surface area (Å²) in [5, 5.41) is 0. The molecule has 0 amide bonds. The van der Waals surface area contributed by atoms with Gasteiger partial charge in [-0.1, -0.05) is 406 Å². The summed E-state index contributed by atoms with van der Waals surface area (Å²) < 4.78 is 0. The SMILES string of the molecule is C.CC.CC(C)(C)C.CC(C)C.CCC.CCC(C)(C)C.CCC(C)C.CCCC.CCCCC.CCCc1ccc(C)cc1.CCc1ccc(C)cc1.Cc1ccc(C(C)C)cc1.Cc1ccc(C)cc1.Cc1ccccc1. The zero-order valence-electron chi connectivity index (χ0n) is 59.1. The zero-order valence-corrected chi connectivity index (χ0v) is 59.1. The molecular formula is C79H146. The molecule has 0 aliphatic heterocycles. The number of hydrogen-bond acceptors (Lipinski definition) is 0. The van der Waals surface area contributed by atoms with Gasteiger partial charge in [-0.05, 0) is 99.7 Å². The quantitative estimate of drug-likeness (QED) is 0.145. The van der Waals surface area contributed by atoms with Gasteiger partial charge in [-0.2, -0.15) is 0 Å². The van der Waals surface area contributed by atoms with E-state index >= 15 is 0 Å². The molecule has 0 heterocycles. The second-order valence-electron chi connectivity index (χ2n) is 24.5. The highest BCUT2D eigenvalue weighted by Gasteiger charge is 2.03. The van der Waals surface area contributed by atoms with Crippen molar-refractivity contribution in [3.63, 3.8) is 0 Å². The molecule has 0 aliphatic carbocycles. The van der Waals surface area contributed by atoms with Gasteiger partial charge in [0.15, 0.2) is 0 Å². The van der Waals surface area contributed by atoms with Crippen molar-refractivity contribution < 1.29 is 0 Å². The topological polar surface area (TPSA) is 0 Å². The molecule has 0 saturated heterocycles. The Morgan fingerprint density at radius 1 is 0.367 bits per heavy atom. The van der Waals surface area contributed by atoms with Crippen LogP contribution in [0.5, 0.6) is 0 Å². The van der Waals surface area contributed by atoms with Gasteiger partial charge in [-0.25, -0.2) is 0 Å². The number of rotatable bonds is 8. The van der Waals surface area contributed by atoms with Crippen LogP contribution in [0, 0.1) is 64.2 Å². The Bertz CT molecular complexity index is 1740. The van der Waals surface area contributed by atoms with Crippen LogP contribution < -0.4 is 0 Å². The van der Waals surface area contributed by atoms with Crippen LogP contribution in [0.4, 0.5) is 0 Å². The minimum atomic E-state index is 0. The summed E-state index contributed by atoms with van der Waals surface area (Å²) in [4.78, 5) is 0. The third-order valence-electron chi connectivity index (χ3n) is 10.2. The van der Waals surface area contributed by atoms with Gasteiger partial charge >= 0.3 is 0 Å². The predicted octanol–water partition coefficient (Wildman–Crippen LogP) is 28.2. The van der Waals surface area contributed by atoms with Crippen LogP contribution in [-0.4, -0.2) is 0 Å². The van der Waals surface area contributed by atoms with Crippen molar-refractivity contribution in [1.82, 2.24) is 0 Å². The summed E-state index contributed by atoms with van der Waals surface area (Å²) >= 11 is 0. The molecule has 0 aliphatic rings. The summed E-state index contributed by atoms with van der Waals surface area (Å²) in [5.74, 6) is 2.37. The third kappa shape index (κ3) is 103. The largest absolute Gasteiger partial charge is 0.0776 e. The van der Waals surface area contributed by atoms with E-state index in [0.29, 0.717) is 16.7 Å². The van der Waals surface area contributed by atoms with Crippen molar-refractivity contribution in [2.45, 2.75) is 306 Å². The van der Waals surface area contributed by atoms with Crippen molar-refractivity contribution in [2.24, 2.45) is 22.7 Å². The Hall–Kier alpha value is -3.90. The second-order valence-corrected chi connectivity index (χ2v) is 24.5. The van der Waals surface area contributed by atoms with Crippen molar-refractivity contribution in [1.29, 1.82) is 0 Å². The van der Waals surface area contributed by atoms with Crippen LogP contribution in [0.2, 0.25) is 0 Å². The summed E-state index contributed by atoms with van der Waals surface area (Å²) in [7, 11) is 0. The van der Waals surface area contributed by atoms with Gasteiger partial charge in [0.05, 0.1) is 0 Å². The Labute approximate surface area is 503 Å². The third-order valence-corrected chi connectivity index (χ3v) is 10.2. The Morgan fingerprint density at radius 2 is 0.608 bits per heavy atom. The summed E-state index contributed by atoms with van der Waals surface area (Å²) in [6, 6.07) is 44.9. The Morgan fingerprint density at radius 3 is 0.772 bits per heavy atom. The fraction of sp³-hybridized carbons (Fsp3) is 0.620. The van der Waals surface area contributed by atoms with Crippen LogP contribution in [-0.2, 0) is 12.8 Å². The van der Waals surface area contributed by atoms with Crippen LogP contribution in [0.15, 0.2) is 127 Å². The summed E-state index contributed by atoms with van der Waals surface area (Å²) in [6.45, 7) is 69.3. The lowest BCUT2D eigenvalue weighted by Gasteiger charge is -2.12. The van der Waals surface area contributed by atoms with Gasteiger partial charge in [-0.15, -0.1) is 0 Å². The van der Waals surface area contributed by atoms with Crippen molar-refractivity contribution in [3.05, 3.63) is 177 Å². The fourth-order valence-electron chi connectivity index (χ4n) is 4.34. The van der Waals surface area contributed by atoms with Gasteiger partial charge in [0.1, 0.15) is 0 Å². The molecular weight excluding hydrogens is 949 g/mol. The minimum absolute atomic E-state index is 0. The molecule has 462 valence electrons. The van der Waals surface area contributed by atoms with Crippen LogP contribution in [0.25, 0.3) is 0 Å². The average molecular weight is 1100 g/mol. The highest BCUT2D eigenvalue weighted by molar-refractivity contribution is 5.24. The van der Waals surface area contributed by atoms with E-state index in [0.717, 1.165) is 18.3 Å². The first-order chi connectivity index (χ1) is 36.3. The maximum Gasteiger partial charge on any atom is -0.0219 e. The second kappa shape index (κ2) is 68.4. The molecule has 0 spiro atoms. The number of hydrogen-bond donors (Lipinski definition) is 0. The first kappa shape index (κ1) is 94.4. The maximum absolute atomic E-state index is 2.24. The van der Waals surface area contributed by atoms with E-state index in [1.54, 1.807) is 0 Å². The molecule has 0 atom stereocenters. The number of unbranched alkanes of at least 4 members (excludes halogenated alkanes) is 3. The zero-order chi connectivity index (χ0) is 62.6. The Kier molecular flexibility index (Phi) is 81.7. The van der Waals surface area contributed by atoms with Gasteiger partial charge < -0.3 is 0 Å². The molecule has 5 rings (SSSR count). The van der Waals surface area contributed by atoms with E-state index in [1.165, 1.54) is 114 Å². The lowest BCUT2D eigenvalue weighted by molar-refractivity contribution is 0.398.